The molecule has 3 rings (SSSR count). The number of aromatic nitrogens is 2. The lowest BCUT2D eigenvalue weighted by Crippen LogP contribution is -2.38. The lowest BCUT2D eigenvalue weighted by Gasteiger charge is -2.30. The number of anilines is 1. The van der Waals surface area contributed by atoms with Crippen LogP contribution in [-0.4, -0.2) is 33.9 Å². The van der Waals surface area contributed by atoms with E-state index in [4.69, 9.17) is 5.73 Å². The molecule has 2 heterocycles. The first kappa shape index (κ1) is 16.8. The molecule has 1 aliphatic heterocycles. The molecule has 1 aromatic heterocycles. The van der Waals surface area contributed by atoms with Crippen molar-refractivity contribution in [3.8, 4) is 0 Å². The highest BCUT2D eigenvalue weighted by atomic mass is 32.2. The third kappa shape index (κ3) is 4.06. The zero-order valence-electron chi connectivity index (χ0n) is 13.8. The third-order valence-corrected chi connectivity index (χ3v) is 5.17. The minimum absolute atomic E-state index is 0.134. The molecule has 1 aliphatic rings. The lowest BCUT2D eigenvalue weighted by atomic mass is 10.1. The van der Waals surface area contributed by atoms with E-state index < -0.39 is 0 Å². The van der Waals surface area contributed by atoms with Gasteiger partial charge < -0.3 is 10.6 Å². The number of likely N-dealkylation sites (tertiary alicyclic amines) is 1. The van der Waals surface area contributed by atoms with E-state index in [9.17, 15) is 4.79 Å². The molecule has 0 bridgehead atoms. The Morgan fingerprint density at radius 1 is 1.17 bits per heavy atom. The van der Waals surface area contributed by atoms with Gasteiger partial charge in [0.1, 0.15) is 11.1 Å². The first-order valence-corrected chi connectivity index (χ1v) is 9.13. The molecule has 6 heteroatoms. The standard InChI is InChI=1S/C18H22N4OS/c1-13-12-15(19)21-18(20-13)24-16(14-8-4-2-5-9-14)17(23)22-10-6-3-7-11-22/h2,4-5,8-9,12,16H,3,6-7,10-11H2,1H3,(H2,19,20,21)/t16-/m0/s1. The fraction of sp³-hybridized carbons (Fsp3) is 0.389. The highest BCUT2D eigenvalue weighted by Crippen LogP contribution is 2.36. The molecule has 1 aromatic carbocycles. The van der Waals surface area contributed by atoms with E-state index in [1.165, 1.54) is 18.2 Å². The molecular weight excluding hydrogens is 320 g/mol. The number of aryl methyl sites for hydroxylation is 1. The van der Waals surface area contributed by atoms with Crippen molar-refractivity contribution in [2.75, 3.05) is 18.8 Å². The van der Waals surface area contributed by atoms with E-state index in [2.05, 4.69) is 9.97 Å². The molecule has 2 aromatic rings. The van der Waals surface area contributed by atoms with Gasteiger partial charge in [-0.25, -0.2) is 9.97 Å². The number of nitrogens with two attached hydrogens (primary N) is 1. The Labute approximate surface area is 146 Å². The predicted octanol–water partition coefficient (Wildman–Crippen LogP) is 3.21. The van der Waals surface area contributed by atoms with Crippen molar-refractivity contribution in [1.29, 1.82) is 0 Å². The summed E-state index contributed by atoms with van der Waals surface area (Å²) in [4.78, 5) is 23.8. The van der Waals surface area contributed by atoms with Gasteiger partial charge in [-0.2, -0.15) is 0 Å². The number of piperidine rings is 1. The van der Waals surface area contributed by atoms with Crippen LogP contribution in [0.25, 0.3) is 0 Å². The largest absolute Gasteiger partial charge is 0.384 e. The van der Waals surface area contributed by atoms with E-state index in [1.807, 2.05) is 42.2 Å². The monoisotopic (exact) mass is 342 g/mol. The maximum Gasteiger partial charge on any atom is 0.240 e. The van der Waals surface area contributed by atoms with Gasteiger partial charge in [0.15, 0.2) is 5.16 Å². The molecule has 0 unspecified atom stereocenters. The molecule has 1 fully saturated rings. The van der Waals surface area contributed by atoms with Gasteiger partial charge in [-0.3, -0.25) is 4.79 Å². The van der Waals surface area contributed by atoms with Crippen molar-refractivity contribution < 1.29 is 4.79 Å². The Kier molecular flexibility index (Phi) is 5.35. The van der Waals surface area contributed by atoms with E-state index in [0.717, 1.165) is 37.2 Å². The van der Waals surface area contributed by atoms with Crippen molar-refractivity contribution >= 4 is 23.5 Å². The van der Waals surface area contributed by atoms with Crippen molar-refractivity contribution in [3.05, 3.63) is 47.7 Å². The van der Waals surface area contributed by atoms with Gasteiger partial charge in [0.05, 0.1) is 0 Å². The van der Waals surface area contributed by atoms with Gasteiger partial charge in [-0.1, -0.05) is 42.1 Å². The zero-order valence-corrected chi connectivity index (χ0v) is 14.6. The molecule has 1 amide bonds. The first-order valence-electron chi connectivity index (χ1n) is 8.25. The highest BCUT2D eigenvalue weighted by Gasteiger charge is 2.28. The second kappa shape index (κ2) is 7.66. The van der Waals surface area contributed by atoms with Crippen LogP contribution >= 0.6 is 11.8 Å². The Hall–Kier alpha value is -2.08. The minimum Gasteiger partial charge on any atom is -0.384 e. The number of amides is 1. The van der Waals surface area contributed by atoms with Crippen LogP contribution < -0.4 is 5.73 Å². The molecule has 5 nitrogen and oxygen atoms in total. The number of nitrogens with zero attached hydrogens (tertiary/aromatic N) is 3. The molecule has 1 atom stereocenters. The number of hydrogen-bond acceptors (Lipinski definition) is 5. The molecule has 1 saturated heterocycles. The highest BCUT2D eigenvalue weighted by molar-refractivity contribution is 8.00. The molecule has 0 aliphatic carbocycles. The normalized spacial score (nSPS) is 16.0. The van der Waals surface area contributed by atoms with E-state index in [-0.39, 0.29) is 11.2 Å². The lowest BCUT2D eigenvalue weighted by molar-refractivity contribution is -0.131. The van der Waals surface area contributed by atoms with Crippen LogP contribution in [0.4, 0.5) is 5.82 Å². The Balaban J connectivity index is 1.88. The topological polar surface area (TPSA) is 72.1 Å². The van der Waals surface area contributed by atoms with Crippen LogP contribution in [0.2, 0.25) is 0 Å². The average Bonchev–Trinajstić information content (AvgIpc) is 2.60. The van der Waals surface area contributed by atoms with Crippen LogP contribution in [0.15, 0.2) is 41.6 Å². The summed E-state index contributed by atoms with van der Waals surface area (Å²) in [6.07, 6.45) is 3.35. The summed E-state index contributed by atoms with van der Waals surface area (Å²) in [6, 6.07) is 11.6. The molecule has 0 saturated carbocycles. The van der Waals surface area contributed by atoms with Crippen molar-refractivity contribution in [2.24, 2.45) is 0 Å². The Morgan fingerprint density at radius 2 is 1.88 bits per heavy atom. The summed E-state index contributed by atoms with van der Waals surface area (Å²) in [6.45, 7) is 3.55. The number of thioether (sulfide) groups is 1. The summed E-state index contributed by atoms with van der Waals surface area (Å²) in [5.41, 5.74) is 7.61. The number of nitrogen functional groups attached to an aromatic ring is 1. The van der Waals surface area contributed by atoms with Crippen molar-refractivity contribution in [3.63, 3.8) is 0 Å². The third-order valence-electron chi connectivity index (χ3n) is 4.07. The SMILES string of the molecule is Cc1cc(N)nc(S[C@H](C(=O)N2CCCCC2)c2ccccc2)n1. The summed E-state index contributed by atoms with van der Waals surface area (Å²) in [5, 5.41) is 0.206. The average molecular weight is 342 g/mol. The molecule has 0 spiro atoms. The van der Waals surface area contributed by atoms with Gasteiger partial charge in [-0.15, -0.1) is 0 Å². The molecule has 2 N–H and O–H groups in total. The van der Waals surface area contributed by atoms with Crippen molar-refractivity contribution in [2.45, 2.75) is 36.6 Å². The summed E-state index contributed by atoms with van der Waals surface area (Å²) in [5.74, 6) is 0.566. The van der Waals surface area contributed by atoms with E-state index >= 15 is 0 Å². The molecule has 126 valence electrons. The second-order valence-corrected chi connectivity index (χ2v) is 7.08. The summed E-state index contributed by atoms with van der Waals surface area (Å²) in [7, 11) is 0. The molecule has 0 radical (unpaired) electrons. The van der Waals surface area contributed by atoms with Gasteiger partial charge in [0.2, 0.25) is 5.91 Å². The number of benzene rings is 1. The number of carbonyl (C=O) groups is 1. The maximum absolute atomic E-state index is 13.1. The van der Waals surface area contributed by atoms with Gasteiger partial charge in [-0.05, 0) is 31.7 Å². The number of rotatable bonds is 4. The zero-order chi connectivity index (χ0) is 16.9. The summed E-state index contributed by atoms with van der Waals surface area (Å²) < 4.78 is 0. The Morgan fingerprint density at radius 3 is 2.54 bits per heavy atom. The quantitative estimate of drug-likeness (QED) is 0.682. The number of hydrogen-bond donors (Lipinski definition) is 1. The Bertz CT molecular complexity index is 681. The fourth-order valence-corrected chi connectivity index (χ4v) is 4.00. The number of carbonyl (C=O) groups excluding carboxylic acids is 1. The molecule has 24 heavy (non-hydrogen) atoms. The second-order valence-electron chi connectivity index (χ2n) is 6.01. The smallest absolute Gasteiger partial charge is 0.240 e. The van der Waals surface area contributed by atoms with E-state index in [0.29, 0.717) is 11.0 Å². The van der Waals surface area contributed by atoms with Gasteiger partial charge >= 0.3 is 0 Å². The van der Waals surface area contributed by atoms with Crippen LogP contribution in [-0.2, 0) is 4.79 Å². The van der Waals surface area contributed by atoms with Crippen molar-refractivity contribution in [1.82, 2.24) is 14.9 Å². The van der Waals surface area contributed by atoms with Crippen LogP contribution in [0.3, 0.4) is 0 Å². The van der Waals surface area contributed by atoms with Crippen LogP contribution in [0, 0.1) is 6.92 Å². The maximum atomic E-state index is 13.1. The first-order chi connectivity index (χ1) is 11.6. The van der Waals surface area contributed by atoms with Gasteiger partial charge in [0.25, 0.3) is 0 Å². The van der Waals surface area contributed by atoms with Gasteiger partial charge in [0, 0.05) is 24.8 Å². The fourth-order valence-electron chi connectivity index (χ4n) is 2.89. The minimum atomic E-state index is -0.342. The molecular formula is C18H22N4OS. The van der Waals surface area contributed by atoms with E-state index in [1.54, 1.807) is 6.07 Å². The van der Waals surface area contributed by atoms with Crippen LogP contribution in [0.1, 0.15) is 35.8 Å². The predicted molar refractivity (Wildman–Crippen MR) is 96.7 cm³/mol. The van der Waals surface area contributed by atoms with Crippen LogP contribution in [0.5, 0.6) is 0 Å². The summed E-state index contributed by atoms with van der Waals surface area (Å²) >= 11 is 1.38.